The van der Waals surface area contributed by atoms with Crippen LogP contribution in [-0.4, -0.2) is 19.6 Å². The van der Waals surface area contributed by atoms with E-state index in [1.165, 1.54) is 28.1 Å². The van der Waals surface area contributed by atoms with Crippen molar-refractivity contribution >= 4 is 11.4 Å². The second-order valence-corrected chi connectivity index (χ2v) is 7.91. The third-order valence-corrected chi connectivity index (χ3v) is 6.44. The van der Waals surface area contributed by atoms with Crippen molar-refractivity contribution in [1.29, 1.82) is 0 Å². The Bertz CT molecular complexity index is 868. The van der Waals surface area contributed by atoms with Crippen LogP contribution in [-0.2, 0) is 0 Å². The van der Waals surface area contributed by atoms with E-state index in [-0.39, 0.29) is 5.41 Å². The Kier molecular flexibility index (Phi) is 8.53. The Morgan fingerprint density at radius 1 is 1.23 bits per heavy atom. The highest BCUT2D eigenvalue weighted by Gasteiger charge is 2.47. The van der Waals surface area contributed by atoms with Gasteiger partial charge in [0.2, 0.25) is 0 Å². The van der Waals surface area contributed by atoms with Crippen LogP contribution in [0.3, 0.4) is 0 Å². The van der Waals surface area contributed by atoms with Crippen molar-refractivity contribution < 1.29 is 0 Å². The quantitative estimate of drug-likeness (QED) is 0.431. The Labute approximate surface area is 184 Å². The number of benzene rings is 1. The van der Waals surface area contributed by atoms with Crippen molar-refractivity contribution in [3.63, 3.8) is 0 Å². The molecule has 1 aromatic carbocycles. The van der Waals surface area contributed by atoms with Crippen molar-refractivity contribution in [2.75, 3.05) is 23.8 Å². The molecule has 160 valence electrons. The van der Waals surface area contributed by atoms with Crippen LogP contribution in [0.2, 0.25) is 0 Å². The molecule has 1 aliphatic rings. The molecule has 1 N–H and O–H groups in total. The lowest BCUT2D eigenvalue weighted by Crippen LogP contribution is -2.39. The van der Waals surface area contributed by atoms with Crippen molar-refractivity contribution in [1.82, 2.24) is 0 Å². The molecule has 2 rings (SSSR count). The molecule has 2 heteroatoms. The summed E-state index contributed by atoms with van der Waals surface area (Å²) in [5.74, 6) is 0. The first-order valence-electron chi connectivity index (χ1n) is 11.0. The lowest BCUT2D eigenvalue weighted by Gasteiger charge is -2.40. The molecule has 0 aromatic heterocycles. The maximum atomic E-state index is 4.65. The number of allylic oxidation sites excluding steroid dienone is 9. The first-order chi connectivity index (χ1) is 14.5. The first kappa shape index (κ1) is 23.5. The maximum absolute atomic E-state index is 4.65. The predicted octanol–water partition coefficient (Wildman–Crippen LogP) is 7.47. The molecule has 1 heterocycles. The normalized spacial score (nSPS) is 22.8. The summed E-state index contributed by atoms with van der Waals surface area (Å²) in [6.45, 7) is 18.3. The van der Waals surface area contributed by atoms with E-state index in [4.69, 9.17) is 0 Å². The fraction of sp³-hybridized carbons (Fsp3) is 0.357. The van der Waals surface area contributed by atoms with E-state index in [0.717, 1.165) is 19.4 Å². The molecular formula is C28H38N2. The molecule has 0 spiro atoms. The molecule has 2 atom stereocenters. The number of para-hydroxylation sites is 2. The van der Waals surface area contributed by atoms with E-state index in [2.05, 4.69) is 105 Å². The van der Waals surface area contributed by atoms with E-state index < -0.39 is 0 Å². The molecule has 2 unspecified atom stereocenters. The summed E-state index contributed by atoms with van der Waals surface area (Å²) < 4.78 is 0. The lowest BCUT2D eigenvalue weighted by molar-refractivity contribution is 0.339. The molecule has 0 saturated carbocycles. The molecule has 0 radical (unpaired) electrons. The minimum absolute atomic E-state index is 0.0657. The van der Waals surface area contributed by atoms with Gasteiger partial charge >= 0.3 is 0 Å². The number of hydrogen-bond acceptors (Lipinski definition) is 2. The molecule has 1 fully saturated rings. The monoisotopic (exact) mass is 402 g/mol. The highest BCUT2D eigenvalue weighted by molar-refractivity contribution is 5.71. The third kappa shape index (κ3) is 4.70. The highest BCUT2D eigenvalue weighted by Crippen LogP contribution is 2.51. The van der Waals surface area contributed by atoms with Crippen LogP contribution in [0.5, 0.6) is 0 Å². The van der Waals surface area contributed by atoms with Gasteiger partial charge in [0.25, 0.3) is 0 Å². The van der Waals surface area contributed by atoms with Crippen LogP contribution in [0.4, 0.5) is 11.4 Å². The Morgan fingerprint density at radius 3 is 2.57 bits per heavy atom. The van der Waals surface area contributed by atoms with Crippen molar-refractivity contribution in [3.05, 3.63) is 96.7 Å². The van der Waals surface area contributed by atoms with Crippen LogP contribution in [0.25, 0.3) is 0 Å². The summed E-state index contributed by atoms with van der Waals surface area (Å²) in [6, 6.07) is 8.87. The molecular weight excluding hydrogens is 364 g/mol. The Morgan fingerprint density at radius 2 is 1.97 bits per heavy atom. The van der Waals surface area contributed by atoms with Crippen molar-refractivity contribution in [2.24, 2.45) is 5.41 Å². The minimum Gasteiger partial charge on any atom is -0.386 e. The van der Waals surface area contributed by atoms with E-state index in [9.17, 15) is 0 Å². The summed E-state index contributed by atoms with van der Waals surface area (Å²) in [4.78, 5) is 2.54. The maximum Gasteiger partial charge on any atom is 0.0604 e. The first-order valence-corrected chi connectivity index (χ1v) is 11.0. The third-order valence-electron chi connectivity index (χ3n) is 6.44. The zero-order valence-electron chi connectivity index (χ0n) is 19.4. The fourth-order valence-electron chi connectivity index (χ4n) is 4.65. The fourth-order valence-corrected chi connectivity index (χ4v) is 4.65. The SMILES string of the molecule is C=C/C(=C\C=C/C)CC1(C(=C)C(/C=C\C)=C/C)CCN(c2ccccc2NC)C1C. The smallest absolute Gasteiger partial charge is 0.0604 e. The second-order valence-electron chi connectivity index (χ2n) is 7.91. The molecule has 1 aromatic rings. The van der Waals surface area contributed by atoms with Crippen LogP contribution in [0, 0.1) is 5.41 Å². The number of rotatable bonds is 9. The number of nitrogens with zero attached hydrogens (tertiary/aromatic N) is 1. The van der Waals surface area contributed by atoms with Gasteiger partial charge in [-0.1, -0.05) is 67.8 Å². The topological polar surface area (TPSA) is 15.3 Å². The average Bonchev–Trinajstić information content (AvgIpc) is 3.11. The van der Waals surface area contributed by atoms with Gasteiger partial charge in [-0.15, -0.1) is 0 Å². The standard InChI is InChI=1S/C28H38N2/c1-8-12-16-24(10-3)21-28(22(5)25(11-4)15-9-2)19-20-30(23(28)6)27-18-14-13-17-26(27)29-7/h8-18,23,29H,3,5,19-21H2,1-2,4,6-7H3/b12-8-,15-9-,24-16+,25-11+. The van der Waals surface area contributed by atoms with Gasteiger partial charge in [0, 0.05) is 25.0 Å². The van der Waals surface area contributed by atoms with Gasteiger partial charge < -0.3 is 10.2 Å². The molecule has 2 nitrogen and oxygen atoms in total. The molecule has 0 aliphatic carbocycles. The lowest BCUT2D eigenvalue weighted by atomic mass is 9.68. The minimum atomic E-state index is -0.0657. The molecule has 0 bridgehead atoms. The number of nitrogens with one attached hydrogen (secondary N) is 1. The summed E-state index contributed by atoms with van der Waals surface area (Å²) in [6.07, 6.45) is 16.8. The van der Waals surface area contributed by atoms with Gasteiger partial charge in [-0.2, -0.15) is 0 Å². The van der Waals surface area contributed by atoms with E-state index in [1.54, 1.807) is 0 Å². The van der Waals surface area contributed by atoms with E-state index in [0.29, 0.717) is 6.04 Å². The molecule has 30 heavy (non-hydrogen) atoms. The van der Waals surface area contributed by atoms with Crippen LogP contribution >= 0.6 is 0 Å². The van der Waals surface area contributed by atoms with Gasteiger partial charge in [0.15, 0.2) is 0 Å². The second kappa shape index (κ2) is 10.9. The summed E-state index contributed by atoms with van der Waals surface area (Å²) in [7, 11) is 1.99. The van der Waals surface area contributed by atoms with Gasteiger partial charge in [0.05, 0.1) is 11.4 Å². The zero-order valence-corrected chi connectivity index (χ0v) is 19.4. The van der Waals surface area contributed by atoms with Gasteiger partial charge in [-0.3, -0.25) is 0 Å². The summed E-state index contributed by atoms with van der Waals surface area (Å²) in [5, 5.41) is 3.36. The van der Waals surface area contributed by atoms with Crippen molar-refractivity contribution in [2.45, 2.75) is 46.6 Å². The van der Waals surface area contributed by atoms with E-state index in [1.807, 2.05) is 20.0 Å². The predicted molar refractivity (Wildman–Crippen MR) is 135 cm³/mol. The van der Waals surface area contributed by atoms with Crippen LogP contribution < -0.4 is 10.2 Å². The molecule has 1 saturated heterocycles. The van der Waals surface area contributed by atoms with Crippen molar-refractivity contribution in [3.8, 4) is 0 Å². The largest absolute Gasteiger partial charge is 0.386 e. The number of hydrogen-bond donors (Lipinski definition) is 1. The molecule has 1 aliphatic heterocycles. The summed E-state index contributed by atoms with van der Waals surface area (Å²) in [5.41, 5.74) is 6.05. The van der Waals surface area contributed by atoms with Gasteiger partial charge in [-0.05, 0) is 69.4 Å². The highest BCUT2D eigenvalue weighted by atomic mass is 15.2. The summed E-state index contributed by atoms with van der Waals surface area (Å²) >= 11 is 0. The van der Waals surface area contributed by atoms with Gasteiger partial charge in [-0.25, -0.2) is 0 Å². The van der Waals surface area contributed by atoms with Crippen LogP contribution in [0.1, 0.15) is 40.5 Å². The van der Waals surface area contributed by atoms with Gasteiger partial charge in [0.1, 0.15) is 0 Å². The van der Waals surface area contributed by atoms with Crippen LogP contribution in [0.15, 0.2) is 96.7 Å². The number of anilines is 2. The molecule has 0 amide bonds. The zero-order chi connectivity index (χ0) is 22.1. The Balaban J connectivity index is 2.56. The Hall–Kier alpha value is -2.74. The average molecular weight is 403 g/mol. The van der Waals surface area contributed by atoms with E-state index >= 15 is 0 Å².